The minimum Gasteiger partial charge on any atom is -0.188 e. The Hall–Kier alpha value is 1.13. The maximum absolute atomic E-state index is 2.59. The van der Waals surface area contributed by atoms with Crippen molar-refractivity contribution in [2.45, 2.75) is 52.9 Å². The first-order chi connectivity index (χ1) is 6.37. The topological polar surface area (TPSA) is 0 Å². The molecule has 0 atom stereocenters. The predicted octanol–water partition coefficient (Wildman–Crippen LogP) is 4.76. The molecule has 14 heavy (non-hydrogen) atoms. The van der Waals surface area contributed by atoms with Gasteiger partial charge in [-0.1, -0.05) is 40.0 Å². The van der Waals surface area contributed by atoms with Gasteiger partial charge in [0.15, 0.2) is 0 Å². The lowest BCUT2D eigenvalue weighted by atomic mass is 10.6. The molecule has 0 spiro atoms. The molecule has 0 radical (unpaired) electrons. The maximum atomic E-state index is 2.59. The lowest BCUT2D eigenvalue weighted by Crippen LogP contribution is -2.50. The fraction of sp³-hybridized carbons (Fsp3) is 1.00. The zero-order chi connectivity index (χ0) is 11.2. The predicted molar refractivity (Wildman–Crippen MR) is 80.5 cm³/mol. The van der Waals surface area contributed by atoms with Crippen LogP contribution in [-0.2, 0) is 0 Å². The molecule has 0 aliphatic carbocycles. The first-order valence-corrected chi connectivity index (χ1v) is 16.1. The van der Waals surface area contributed by atoms with Crippen LogP contribution in [0.4, 0.5) is 0 Å². The molecule has 0 N–H and O–H groups in total. The molecule has 4 heteroatoms. The van der Waals surface area contributed by atoms with Gasteiger partial charge in [-0.2, -0.15) is 22.4 Å². The van der Waals surface area contributed by atoms with E-state index in [0.29, 0.717) is 0 Å². The molecule has 0 aliphatic rings. The molecule has 0 saturated heterocycles. The van der Waals surface area contributed by atoms with E-state index >= 15 is 0 Å². The zero-order valence-electron chi connectivity index (χ0n) is 10.6. The third-order valence-corrected chi connectivity index (χ3v) is 35.6. The van der Waals surface area contributed by atoms with Crippen LogP contribution in [0.3, 0.4) is 0 Å². The van der Waals surface area contributed by atoms with Gasteiger partial charge in [0.1, 0.15) is 13.5 Å². The van der Waals surface area contributed by atoms with Crippen molar-refractivity contribution in [2.75, 3.05) is 11.5 Å². The van der Waals surface area contributed by atoms with Crippen LogP contribution in [0.5, 0.6) is 0 Å². The highest BCUT2D eigenvalue weighted by atomic mass is 32.4. The third kappa shape index (κ3) is 4.77. The van der Waals surface area contributed by atoms with Crippen molar-refractivity contribution >= 4 is 35.9 Å². The van der Waals surface area contributed by atoms with E-state index in [2.05, 4.69) is 62.5 Å². The number of hydrogen-bond acceptors (Lipinski definition) is 2. The molecule has 0 unspecified atom stereocenters. The van der Waals surface area contributed by atoms with Crippen molar-refractivity contribution < 1.29 is 0 Å². The van der Waals surface area contributed by atoms with Crippen molar-refractivity contribution in [2.24, 2.45) is 0 Å². The molecular weight excluding hydrogens is 240 g/mol. The normalized spacial score (nSPS) is 13.3. The minimum absolute atomic E-state index is 0.971. The highest BCUT2D eigenvalue weighted by molar-refractivity contribution is 8.49. The van der Waals surface area contributed by atoms with Crippen molar-refractivity contribution in [3.63, 3.8) is 0 Å². The fourth-order valence-corrected chi connectivity index (χ4v) is 20.8. The third-order valence-electron chi connectivity index (χ3n) is 2.78. The average molecular weight is 267 g/mol. The summed E-state index contributed by atoms with van der Waals surface area (Å²) < 4.78 is 0. The molecule has 86 valence electrons. The van der Waals surface area contributed by atoms with E-state index in [1.165, 1.54) is 24.3 Å². The molecule has 0 bridgehead atoms. The smallest absolute Gasteiger partial charge is 0.115 e. The molecule has 0 nitrogen and oxygen atoms in total. The van der Waals surface area contributed by atoms with E-state index in [1.807, 2.05) is 0 Å². The van der Waals surface area contributed by atoms with Gasteiger partial charge in [0.25, 0.3) is 0 Å². The van der Waals surface area contributed by atoms with Crippen LogP contribution < -0.4 is 0 Å². The van der Waals surface area contributed by atoms with E-state index in [1.54, 1.807) is 0 Å². The summed E-state index contributed by atoms with van der Waals surface area (Å²) in [5.74, 6) is 2.75. The summed E-state index contributed by atoms with van der Waals surface area (Å²) in [5.41, 5.74) is 0. The fourth-order valence-electron chi connectivity index (χ4n) is 1.06. The van der Waals surface area contributed by atoms with Gasteiger partial charge in [-0.3, -0.25) is 0 Å². The second-order valence-electron chi connectivity index (χ2n) is 4.72. The standard InChI is InChI=1S/C10H26S2Si2/c1-7-9-11-13(3,4)14(5,6)12-10-8-2/h7-10H2,1-6H3. The first-order valence-electron chi connectivity index (χ1n) is 5.65. The van der Waals surface area contributed by atoms with E-state index < -0.39 is 13.5 Å². The molecule has 0 aromatic heterocycles. The van der Waals surface area contributed by atoms with Gasteiger partial charge in [-0.25, -0.2) is 0 Å². The Bertz CT molecular complexity index is 140. The maximum Gasteiger partial charge on any atom is 0.115 e. The summed E-state index contributed by atoms with van der Waals surface area (Å²) in [6.07, 6.45) is 2.67. The molecule has 0 fully saturated rings. The Morgan fingerprint density at radius 1 is 0.714 bits per heavy atom. The van der Waals surface area contributed by atoms with Gasteiger partial charge in [0.2, 0.25) is 0 Å². The van der Waals surface area contributed by atoms with E-state index in [9.17, 15) is 0 Å². The van der Waals surface area contributed by atoms with Gasteiger partial charge in [-0.05, 0) is 24.3 Å². The van der Waals surface area contributed by atoms with Crippen molar-refractivity contribution in [3.05, 3.63) is 0 Å². The van der Waals surface area contributed by atoms with E-state index in [0.717, 1.165) is 0 Å². The van der Waals surface area contributed by atoms with Gasteiger partial charge < -0.3 is 0 Å². The Balaban J connectivity index is 4.20. The van der Waals surface area contributed by atoms with Gasteiger partial charge in [0, 0.05) is 0 Å². The summed E-state index contributed by atoms with van der Waals surface area (Å²) in [5, 5.41) is 0. The zero-order valence-corrected chi connectivity index (χ0v) is 14.3. The van der Waals surface area contributed by atoms with E-state index in [-0.39, 0.29) is 0 Å². The Labute approximate surface area is 100 Å². The van der Waals surface area contributed by atoms with Crippen LogP contribution in [0, 0.1) is 0 Å². The van der Waals surface area contributed by atoms with Crippen molar-refractivity contribution in [1.82, 2.24) is 0 Å². The second-order valence-corrected chi connectivity index (χ2v) is 29.7. The molecule has 0 saturated carbocycles. The first kappa shape index (κ1) is 15.1. The van der Waals surface area contributed by atoms with Crippen molar-refractivity contribution in [1.29, 1.82) is 0 Å². The van der Waals surface area contributed by atoms with Gasteiger partial charge in [-0.15, -0.1) is 0 Å². The molecule has 0 aromatic rings. The summed E-state index contributed by atoms with van der Waals surface area (Å²) in [6.45, 7) is 13.0. The van der Waals surface area contributed by atoms with Crippen LogP contribution >= 0.6 is 22.4 Å². The van der Waals surface area contributed by atoms with Crippen LogP contribution in [0.1, 0.15) is 26.7 Å². The van der Waals surface area contributed by atoms with Crippen LogP contribution in [0.2, 0.25) is 26.2 Å². The Morgan fingerprint density at radius 2 is 1.00 bits per heavy atom. The summed E-state index contributed by atoms with van der Waals surface area (Å²) in [4.78, 5) is 0. The highest BCUT2D eigenvalue weighted by Gasteiger charge is 2.41. The van der Waals surface area contributed by atoms with E-state index in [4.69, 9.17) is 0 Å². The molecule has 0 amide bonds. The Kier molecular flexibility index (Phi) is 7.20. The Morgan fingerprint density at radius 3 is 1.21 bits per heavy atom. The SMILES string of the molecule is CCCS[Si](C)(C)[Si](C)(C)SCCC. The van der Waals surface area contributed by atoms with Crippen LogP contribution in [-0.4, -0.2) is 25.0 Å². The van der Waals surface area contributed by atoms with Gasteiger partial charge >= 0.3 is 0 Å². The lowest BCUT2D eigenvalue weighted by molar-refractivity contribution is 1.11. The molecule has 0 aromatic carbocycles. The summed E-state index contributed by atoms with van der Waals surface area (Å²) in [6, 6.07) is 0. The molecular formula is C10H26S2Si2. The van der Waals surface area contributed by atoms with Crippen molar-refractivity contribution in [3.8, 4) is 0 Å². The van der Waals surface area contributed by atoms with Crippen LogP contribution in [0.15, 0.2) is 0 Å². The lowest BCUT2D eigenvalue weighted by Gasteiger charge is -2.37. The summed E-state index contributed by atoms with van der Waals surface area (Å²) in [7, 11) is 0. The van der Waals surface area contributed by atoms with Gasteiger partial charge in [0.05, 0.1) is 0 Å². The molecule has 0 heterocycles. The minimum atomic E-state index is -0.971. The largest absolute Gasteiger partial charge is 0.188 e. The quantitative estimate of drug-likeness (QED) is 0.609. The van der Waals surface area contributed by atoms with Crippen LogP contribution in [0.25, 0.3) is 0 Å². The number of hydrogen-bond donors (Lipinski definition) is 0. The summed E-state index contributed by atoms with van der Waals surface area (Å²) >= 11 is 4.63. The average Bonchev–Trinajstić information content (AvgIpc) is 2.11. The second kappa shape index (κ2) is 6.66. The highest BCUT2D eigenvalue weighted by Crippen LogP contribution is 2.37. The monoisotopic (exact) mass is 266 g/mol. The molecule has 0 rings (SSSR count). The number of rotatable bonds is 7. The molecule has 0 aliphatic heterocycles.